The first-order valence-corrected chi connectivity index (χ1v) is 8.08. The minimum absolute atomic E-state index is 0.160. The van der Waals surface area contributed by atoms with Crippen LogP contribution in [0.5, 0.6) is 0 Å². The number of likely N-dealkylation sites (tertiary alicyclic amines) is 1. The molecule has 6 heteroatoms. The average molecular weight is 323 g/mol. The third-order valence-electron chi connectivity index (χ3n) is 3.95. The first-order valence-electron chi connectivity index (χ1n) is 7.20. The van der Waals surface area contributed by atoms with Crippen LogP contribution in [0.3, 0.4) is 0 Å². The van der Waals surface area contributed by atoms with Gasteiger partial charge in [0.2, 0.25) is 0 Å². The predicted molar refractivity (Wildman–Crippen MR) is 84.6 cm³/mol. The normalized spacial score (nSPS) is 24.7. The van der Waals surface area contributed by atoms with Crippen LogP contribution in [-0.2, 0) is 14.3 Å². The molecule has 1 amide bonds. The van der Waals surface area contributed by atoms with E-state index in [1.807, 2.05) is 30.3 Å². The fourth-order valence-corrected chi connectivity index (χ4v) is 4.13. The summed E-state index contributed by atoms with van der Waals surface area (Å²) in [5, 5.41) is -0.160. The second-order valence-electron chi connectivity index (χ2n) is 5.38. The van der Waals surface area contributed by atoms with Crippen molar-refractivity contribution in [2.24, 2.45) is 0 Å². The average Bonchev–Trinajstić information content (AvgIpc) is 2.54. The van der Waals surface area contributed by atoms with Gasteiger partial charge in [-0.2, -0.15) is 0 Å². The standard InChI is InChI=1S/C16H21NO4S/c1-16(14(18)20-2)11-7-10-13(17(16)15(19)21-3)22-12-8-5-4-6-9-12/h4-6,8-9,13H,7,10-11H2,1-3H3/t13?,16-/m0/s1. The molecule has 0 bridgehead atoms. The lowest BCUT2D eigenvalue weighted by Crippen LogP contribution is -2.61. The van der Waals surface area contributed by atoms with Gasteiger partial charge in [-0.3, -0.25) is 4.90 Å². The molecule has 0 aliphatic carbocycles. The lowest BCUT2D eigenvalue weighted by Gasteiger charge is -2.46. The molecule has 0 aromatic heterocycles. The van der Waals surface area contributed by atoms with E-state index in [2.05, 4.69) is 0 Å². The summed E-state index contributed by atoms with van der Waals surface area (Å²) in [5.74, 6) is -0.406. The minimum atomic E-state index is -0.994. The van der Waals surface area contributed by atoms with Gasteiger partial charge in [0.25, 0.3) is 0 Å². The zero-order valence-corrected chi connectivity index (χ0v) is 13.9. The molecular formula is C16H21NO4S. The highest BCUT2D eigenvalue weighted by molar-refractivity contribution is 7.99. The van der Waals surface area contributed by atoms with Crippen LogP contribution in [0.25, 0.3) is 0 Å². The predicted octanol–water partition coefficient (Wildman–Crippen LogP) is 3.29. The van der Waals surface area contributed by atoms with E-state index in [4.69, 9.17) is 9.47 Å². The highest BCUT2D eigenvalue weighted by atomic mass is 32.2. The third kappa shape index (κ3) is 3.21. The highest BCUT2D eigenvalue weighted by Crippen LogP contribution is 2.40. The Balaban J connectivity index is 2.31. The number of piperidine rings is 1. The van der Waals surface area contributed by atoms with Gasteiger partial charge in [0.05, 0.1) is 19.6 Å². The van der Waals surface area contributed by atoms with Gasteiger partial charge in [-0.05, 0) is 38.3 Å². The molecule has 1 aromatic carbocycles. The number of amides is 1. The van der Waals surface area contributed by atoms with Crippen LogP contribution in [0, 0.1) is 0 Å². The van der Waals surface area contributed by atoms with Crippen LogP contribution in [-0.4, -0.2) is 42.1 Å². The number of rotatable bonds is 3. The van der Waals surface area contributed by atoms with Crippen LogP contribution in [0.2, 0.25) is 0 Å². The molecule has 1 aliphatic heterocycles. The molecule has 0 radical (unpaired) electrons. The maximum absolute atomic E-state index is 12.3. The van der Waals surface area contributed by atoms with Gasteiger partial charge >= 0.3 is 12.1 Å². The smallest absolute Gasteiger partial charge is 0.411 e. The molecule has 5 nitrogen and oxygen atoms in total. The van der Waals surface area contributed by atoms with Crippen molar-refractivity contribution in [2.75, 3.05) is 14.2 Å². The maximum atomic E-state index is 12.3. The van der Waals surface area contributed by atoms with Gasteiger partial charge in [-0.15, -0.1) is 11.8 Å². The van der Waals surface area contributed by atoms with E-state index in [1.54, 1.807) is 18.7 Å². The molecule has 120 valence electrons. The summed E-state index contributed by atoms with van der Waals surface area (Å²) in [4.78, 5) is 27.1. The molecule has 1 saturated heterocycles. The van der Waals surface area contributed by atoms with Crippen molar-refractivity contribution < 1.29 is 19.1 Å². The summed E-state index contributed by atoms with van der Waals surface area (Å²) in [6.45, 7) is 1.74. The molecule has 0 spiro atoms. The molecule has 2 atom stereocenters. The van der Waals surface area contributed by atoms with E-state index in [0.717, 1.165) is 17.7 Å². The topological polar surface area (TPSA) is 55.8 Å². The molecular weight excluding hydrogens is 302 g/mol. The van der Waals surface area contributed by atoms with Crippen molar-refractivity contribution in [3.63, 3.8) is 0 Å². The lowest BCUT2D eigenvalue weighted by atomic mass is 9.88. The molecule has 1 aliphatic rings. The van der Waals surface area contributed by atoms with Gasteiger partial charge < -0.3 is 9.47 Å². The Morgan fingerprint density at radius 1 is 1.23 bits per heavy atom. The maximum Gasteiger partial charge on any atom is 0.411 e. The Morgan fingerprint density at radius 2 is 1.91 bits per heavy atom. The van der Waals surface area contributed by atoms with Gasteiger partial charge in [0, 0.05) is 4.90 Å². The summed E-state index contributed by atoms with van der Waals surface area (Å²) in [6.07, 6.45) is 1.73. The molecule has 0 saturated carbocycles. The number of ether oxygens (including phenoxy) is 2. The van der Waals surface area contributed by atoms with Gasteiger partial charge in [0.1, 0.15) is 5.54 Å². The number of methoxy groups -OCH3 is 2. The van der Waals surface area contributed by atoms with E-state index < -0.39 is 17.6 Å². The number of nitrogens with zero attached hydrogens (tertiary/aromatic N) is 1. The quantitative estimate of drug-likeness (QED) is 0.799. The Kier molecular flexibility index (Phi) is 5.34. The zero-order valence-electron chi connectivity index (χ0n) is 13.1. The number of esters is 1. The first kappa shape index (κ1) is 16.7. The molecule has 2 rings (SSSR count). The Labute approximate surface area is 135 Å². The minimum Gasteiger partial charge on any atom is -0.467 e. The fourth-order valence-electron chi connectivity index (χ4n) is 2.79. The summed E-state index contributed by atoms with van der Waals surface area (Å²) in [7, 11) is 2.68. The molecule has 1 aromatic rings. The number of hydrogen-bond acceptors (Lipinski definition) is 5. The molecule has 22 heavy (non-hydrogen) atoms. The van der Waals surface area contributed by atoms with Gasteiger partial charge in [-0.25, -0.2) is 9.59 Å². The van der Waals surface area contributed by atoms with Gasteiger partial charge in [0.15, 0.2) is 0 Å². The van der Waals surface area contributed by atoms with Crippen molar-refractivity contribution in [2.45, 2.75) is 42.0 Å². The van der Waals surface area contributed by atoms with Crippen LogP contribution < -0.4 is 0 Å². The summed E-state index contributed by atoms with van der Waals surface area (Å²) in [6, 6.07) is 9.83. The van der Waals surface area contributed by atoms with Gasteiger partial charge in [-0.1, -0.05) is 18.2 Å². The number of thioether (sulfide) groups is 1. The van der Waals surface area contributed by atoms with Crippen molar-refractivity contribution in [1.29, 1.82) is 0 Å². The van der Waals surface area contributed by atoms with E-state index in [9.17, 15) is 9.59 Å². The highest BCUT2D eigenvalue weighted by Gasteiger charge is 2.49. The summed E-state index contributed by atoms with van der Waals surface area (Å²) >= 11 is 1.56. The molecule has 1 heterocycles. The SMILES string of the molecule is COC(=O)N1C(Sc2ccccc2)CCC[C@@]1(C)C(=O)OC. The summed E-state index contributed by atoms with van der Waals surface area (Å²) < 4.78 is 9.83. The fraction of sp³-hybridized carbons (Fsp3) is 0.500. The van der Waals surface area contributed by atoms with Crippen molar-refractivity contribution in [3.8, 4) is 0 Å². The third-order valence-corrected chi connectivity index (χ3v) is 5.21. The van der Waals surface area contributed by atoms with E-state index in [-0.39, 0.29) is 5.37 Å². The second kappa shape index (κ2) is 7.05. The van der Waals surface area contributed by atoms with E-state index in [0.29, 0.717) is 6.42 Å². The van der Waals surface area contributed by atoms with Crippen molar-refractivity contribution in [3.05, 3.63) is 30.3 Å². The van der Waals surface area contributed by atoms with E-state index >= 15 is 0 Å². The molecule has 1 fully saturated rings. The Hall–Kier alpha value is -1.69. The van der Waals surface area contributed by atoms with Crippen LogP contribution >= 0.6 is 11.8 Å². The second-order valence-corrected chi connectivity index (χ2v) is 6.63. The van der Waals surface area contributed by atoms with Crippen molar-refractivity contribution in [1.82, 2.24) is 4.90 Å². The number of benzene rings is 1. The monoisotopic (exact) mass is 323 g/mol. The Bertz CT molecular complexity index is 536. The number of carbonyl (C=O) groups excluding carboxylic acids is 2. The largest absolute Gasteiger partial charge is 0.467 e. The van der Waals surface area contributed by atoms with Crippen LogP contribution in [0.1, 0.15) is 26.2 Å². The molecule has 1 unspecified atom stereocenters. The molecule has 0 N–H and O–H groups in total. The summed E-state index contributed by atoms with van der Waals surface area (Å²) in [5.41, 5.74) is -0.994. The van der Waals surface area contributed by atoms with Crippen LogP contribution in [0.15, 0.2) is 35.2 Å². The Morgan fingerprint density at radius 3 is 2.50 bits per heavy atom. The van der Waals surface area contributed by atoms with Crippen molar-refractivity contribution >= 4 is 23.8 Å². The lowest BCUT2D eigenvalue weighted by molar-refractivity contribution is -0.155. The number of hydrogen-bond donors (Lipinski definition) is 0. The van der Waals surface area contributed by atoms with Crippen LogP contribution in [0.4, 0.5) is 4.79 Å². The number of carbonyl (C=O) groups is 2. The van der Waals surface area contributed by atoms with E-state index in [1.165, 1.54) is 19.1 Å². The first-order chi connectivity index (χ1) is 10.5. The zero-order chi connectivity index (χ0) is 16.2.